The van der Waals surface area contributed by atoms with Crippen molar-refractivity contribution in [3.8, 4) is 0 Å². The van der Waals surface area contributed by atoms with Gasteiger partial charge in [0, 0.05) is 5.69 Å². The summed E-state index contributed by atoms with van der Waals surface area (Å²) in [6.07, 6.45) is 1.78. The van der Waals surface area contributed by atoms with Gasteiger partial charge in [-0.15, -0.1) is 0 Å². The molecule has 3 aromatic rings. The third-order valence-electron chi connectivity index (χ3n) is 2.95. The van der Waals surface area contributed by atoms with Gasteiger partial charge in [0.2, 0.25) is 0 Å². The molecule has 0 unspecified atom stereocenters. The molecule has 0 atom stereocenters. The number of rotatable bonds is 3. The molecule has 0 radical (unpaired) electrons. The van der Waals surface area contributed by atoms with E-state index >= 15 is 0 Å². The molecule has 2 aromatic carbocycles. The number of nitrogens with zero attached hydrogens (tertiary/aromatic N) is 3. The van der Waals surface area contributed by atoms with Gasteiger partial charge < -0.3 is 0 Å². The van der Waals surface area contributed by atoms with E-state index in [1.807, 2.05) is 85.8 Å². The first-order valence-electron chi connectivity index (χ1n) is 7.32. The van der Waals surface area contributed by atoms with E-state index in [-0.39, 0.29) is 0 Å². The summed E-state index contributed by atoms with van der Waals surface area (Å²) < 4.78 is 0. The Bertz CT molecular complexity index is 750. The lowest BCUT2D eigenvalue weighted by molar-refractivity contribution is 1.19. The second kappa shape index (κ2) is 9.05. The first kappa shape index (κ1) is 16.3. The SMILES string of the molecule is C=Nc1ccccc1.Cc1cccc(C=Nc2ccccc2)n1. The summed E-state index contributed by atoms with van der Waals surface area (Å²) >= 11 is 0. The fourth-order valence-electron chi connectivity index (χ4n) is 1.82. The van der Waals surface area contributed by atoms with Gasteiger partial charge >= 0.3 is 0 Å². The highest BCUT2D eigenvalue weighted by Gasteiger charge is 1.90. The largest absolute Gasteiger partial charge is 0.265 e. The van der Waals surface area contributed by atoms with Gasteiger partial charge in [-0.1, -0.05) is 42.5 Å². The standard InChI is InChI=1S/C13H12N2.C7H7N/c1-11-6-5-9-13(15-11)10-14-12-7-3-2-4-8-12;1-8-7-5-3-2-4-6-7/h2-10H,1H3;2-6H,1H2. The Morgan fingerprint density at radius 1 is 0.783 bits per heavy atom. The summed E-state index contributed by atoms with van der Waals surface area (Å²) in [5.74, 6) is 0. The topological polar surface area (TPSA) is 37.6 Å². The van der Waals surface area contributed by atoms with Crippen molar-refractivity contribution in [1.82, 2.24) is 4.98 Å². The number of benzene rings is 2. The number of hydrogen-bond donors (Lipinski definition) is 0. The highest BCUT2D eigenvalue weighted by atomic mass is 14.8. The van der Waals surface area contributed by atoms with Crippen LogP contribution in [0.15, 0.2) is 88.8 Å². The van der Waals surface area contributed by atoms with Gasteiger partial charge in [-0.2, -0.15) is 0 Å². The van der Waals surface area contributed by atoms with Crippen molar-refractivity contribution in [2.45, 2.75) is 6.92 Å². The molecule has 1 heterocycles. The average molecular weight is 301 g/mol. The van der Waals surface area contributed by atoms with Gasteiger partial charge in [-0.25, -0.2) is 0 Å². The molecular formula is C20H19N3. The van der Waals surface area contributed by atoms with E-state index < -0.39 is 0 Å². The van der Waals surface area contributed by atoms with Crippen LogP contribution < -0.4 is 0 Å². The van der Waals surface area contributed by atoms with Gasteiger partial charge in [0.25, 0.3) is 0 Å². The van der Waals surface area contributed by atoms with Crippen molar-refractivity contribution in [2.75, 3.05) is 0 Å². The number of para-hydroxylation sites is 2. The van der Waals surface area contributed by atoms with Crippen LogP contribution in [0.4, 0.5) is 11.4 Å². The molecule has 0 bridgehead atoms. The average Bonchev–Trinajstić information content (AvgIpc) is 2.62. The summed E-state index contributed by atoms with van der Waals surface area (Å²) in [5.41, 5.74) is 3.76. The summed E-state index contributed by atoms with van der Waals surface area (Å²) in [6.45, 7) is 5.35. The smallest absolute Gasteiger partial charge is 0.0815 e. The number of aromatic nitrogens is 1. The molecule has 0 N–H and O–H groups in total. The molecule has 3 nitrogen and oxygen atoms in total. The van der Waals surface area contributed by atoms with Gasteiger partial charge in [-0.3, -0.25) is 15.0 Å². The Labute approximate surface area is 137 Å². The van der Waals surface area contributed by atoms with Crippen LogP contribution >= 0.6 is 0 Å². The minimum Gasteiger partial charge on any atom is -0.265 e. The van der Waals surface area contributed by atoms with Crippen LogP contribution in [0.2, 0.25) is 0 Å². The number of aliphatic imine (C=N–C) groups is 2. The maximum Gasteiger partial charge on any atom is 0.0815 e. The molecule has 3 heteroatoms. The third-order valence-corrected chi connectivity index (χ3v) is 2.95. The van der Waals surface area contributed by atoms with Crippen LogP contribution in [0.5, 0.6) is 0 Å². The summed E-state index contributed by atoms with van der Waals surface area (Å²) in [7, 11) is 0. The van der Waals surface area contributed by atoms with Crippen LogP contribution in [0.3, 0.4) is 0 Å². The number of hydrogen-bond acceptors (Lipinski definition) is 3. The lowest BCUT2D eigenvalue weighted by Gasteiger charge is -1.94. The normalized spacial score (nSPS) is 9.96. The molecule has 23 heavy (non-hydrogen) atoms. The second-order valence-electron chi connectivity index (χ2n) is 4.79. The lowest BCUT2D eigenvalue weighted by atomic mass is 10.3. The number of pyridine rings is 1. The highest BCUT2D eigenvalue weighted by molar-refractivity contribution is 5.79. The van der Waals surface area contributed by atoms with E-state index in [2.05, 4.69) is 21.7 Å². The second-order valence-corrected chi connectivity index (χ2v) is 4.79. The van der Waals surface area contributed by atoms with Crippen molar-refractivity contribution in [2.24, 2.45) is 9.98 Å². The molecule has 0 amide bonds. The minimum atomic E-state index is 0.888. The molecule has 0 saturated heterocycles. The molecule has 0 spiro atoms. The van der Waals surface area contributed by atoms with E-state index in [1.165, 1.54) is 0 Å². The van der Waals surface area contributed by atoms with E-state index in [9.17, 15) is 0 Å². The Hall–Kier alpha value is -3.07. The number of aryl methyl sites for hydroxylation is 1. The van der Waals surface area contributed by atoms with Gasteiger partial charge in [0.15, 0.2) is 0 Å². The van der Waals surface area contributed by atoms with Crippen LogP contribution in [0.1, 0.15) is 11.4 Å². The van der Waals surface area contributed by atoms with Crippen LogP contribution in [0, 0.1) is 6.92 Å². The predicted octanol–water partition coefficient (Wildman–Crippen LogP) is 5.16. The first-order chi connectivity index (χ1) is 11.3. The van der Waals surface area contributed by atoms with Gasteiger partial charge in [0.1, 0.15) is 0 Å². The quantitative estimate of drug-likeness (QED) is 0.616. The Morgan fingerprint density at radius 2 is 1.39 bits per heavy atom. The first-order valence-corrected chi connectivity index (χ1v) is 7.32. The minimum absolute atomic E-state index is 0.888. The fourth-order valence-corrected chi connectivity index (χ4v) is 1.82. The van der Waals surface area contributed by atoms with Crippen LogP contribution in [0.25, 0.3) is 0 Å². The van der Waals surface area contributed by atoms with Crippen molar-refractivity contribution in [1.29, 1.82) is 0 Å². The van der Waals surface area contributed by atoms with Crippen molar-refractivity contribution >= 4 is 24.3 Å². The van der Waals surface area contributed by atoms with Crippen molar-refractivity contribution < 1.29 is 0 Å². The molecule has 0 aliphatic heterocycles. The van der Waals surface area contributed by atoms with Gasteiger partial charge in [0.05, 0.1) is 23.3 Å². The zero-order valence-electron chi connectivity index (χ0n) is 13.1. The summed E-state index contributed by atoms with van der Waals surface area (Å²) in [4.78, 5) is 12.4. The molecule has 1 aromatic heterocycles. The van der Waals surface area contributed by atoms with E-state index in [1.54, 1.807) is 6.21 Å². The molecule has 0 saturated carbocycles. The Morgan fingerprint density at radius 3 is 1.91 bits per heavy atom. The van der Waals surface area contributed by atoms with E-state index in [4.69, 9.17) is 0 Å². The summed E-state index contributed by atoms with van der Waals surface area (Å²) in [6, 6.07) is 25.4. The monoisotopic (exact) mass is 301 g/mol. The van der Waals surface area contributed by atoms with Crippen molar-refractivity contribution in [3.05, 3.63) is 90.3 Å². The zero-order valence-corrected chi connectivity index (χ0v) is 13.1. The molecule has 3 rings (SSSR count). The maximum atomic E-state index is 4.34. The molecule has 0 aliphatic carbocycles. The molecule has 0 fully saturated rings. The predicted molar refractivity (Wildman–Crippen MR) is 98.3 cm³/mol. The summed E-state index contributed by atoms with van der Waals surface area (Å²) in [5, 5.41) is 0. The third kappa shape index (κ3) is 6.06. The fraction of sp³-hybridized carbons (Fsp3) is 0.0500. The van der Waals surface area contributed by atoms with E-state index in [0.29, 0.717) is 0 Å². The zero-order chi connectivity index (χ0) is 16.3. The molecule has 0 aliphatic rings. The van der Waals surface area contributed by atoms with Crippen LogP contribution in [-0.2, 0) is 0 Å². The van der Waals surface area contributed by atoms with E-state index in [0.717, 1.165) is 22.8 Å². The Kier molecular flexibility index (Phi) is 6.42. The highest BCUT2D eigenvalue weighted by Crippen LogP contribution is 2.09. The Balaban J connectivity index is 0.000000203. The van der Waals surface area contributed by atoms with Crippen molar-refractivity contribution in [3.63, 3.8) is 0 Å². The van der Waals surface area contributed by atoms with Gasteiger partial charge in [-0.05, 0) is 50.0 Å². The maximum absolute atomic E-state index is 4.34. The lowest BCUT2D eigenvalue weighted by Crippen LogP contribution is -1.88. The molecular weight excluding hydrogens is 282 g/mol. The molecule has 114 valence electrons. The van der Waals surface area contributed by atoms with Crippen LogP contribution in [-0.4, -0.2) is 17.9 Å².